The lowest BCUT2D eigenvalue weighted by Crippen LogP contribution is -2.11. The van der Waals surface area contributed by atoms with Gasteiger partial charge in [-0.2, -0.15) is 4.98 Å². The van der Waals surface area contributed by atoms with Crippen molar-refractivity contribution in [2.24, 2.45) is 5.92 Å². The van der Waals surface area contributed by atoms with Crippen LogP contribution in [0.25, 0.3) is 11.5 Å². The Bertz CT molecular complexity index is 474. The summed E-state index contributed by atoms with van der Waals surface area (Å²) in [5.41, 5.74) is 0.982. The normalized spacial score (nSPS) is 19.6. The molecule has 0 saturated carbocycles. The largest absolute Gasteiger partial charge is 0.334 e. The highest BCUT2D eigenvalue weighted by Gasteiger charge is 2.18. The molecule has 1 N–H and O–H groups in total. The molecule has 1 aromatic carbocycles. The van der Waals surface area contributed by atoms with E-state index >= 15 is 0 Å². The van der Waals surface area contributed by atoms with Crippen LogP contribution < -0.4 is 5.32 Å². The van der Waals surface area contributed by atoms with E-state index in [0.29, 0.717) is 11.8 Å². The van der Waals surface area contributed by atoms with Crippen molar-refractivity contribution in [1.82, 2.24) is 15.5 Å². The lowest BCUT2D eigenvalue weighted by molar-refractivity contribution is 0.415. The second kappa shape index (κ2) is 4.67. The average molecular weight is 229 g/mol. The second-order valence-corrected chi connectivity index (χ2v) is 4.44. The maximum Gasteiger partial charge on any atom is 0.257 e. The Hall–Kier alpha value is -1.68. The Morgan fingerprint density at radius 3 is 2.94 bits per heavy atom. The molecule has 0 aliphatic carbocycles. The summed E-state index contributed by atoms with van der Waals surface area (Å²) < 4.78 is 5.28. The van der Waals surface area contributed by atoms with Gasteiger partial charge in [-0.05, 0) is 37.6 Å². The van der Waals surface area contributed by atoms with E-state index in [-0.39, 0.29) is 0 Å². The van der Waals surface area contributed by atoms with Crippen LogP contribution in [0, 0.1) is 5.92 Å². The standard InChI is InChI=1S/C13H15N3O/c1-2-4-11(5-3-1)13-15-12(16-17-13)8-10-6-7-14-9-10/h1-5,10,14H,6-9H2/t10-/m0/s1. The van der Waals surface area contributed by atoms with Crippen LogP contribution in [0.5, 0.6) is 0 Å². The van der Waals surface area contributed by atoms with Gasteiger partial charge in [-0.15, -0.1) is 0 Å². The van der Waals surface area contributed by atoms with Crippen molar-refractivity contribution in [3.63, 3.8) is 0 Å². The fraction of sp³-hybridized carbons (Fsp3) is 0.385. The summed E-state index contributed by atoms with van der Waals surface area (Å²) in [6, 6.07) is 9.88. The lowest BCUT2D eigenvalue weighted by Gasteiger charge is -2.01. The molecule has 17 heavy (non-hydrogen) atoms. The first-order valence-electron chi connectivity index (χ1n) is 6.00. The third kappa shape index (κ3) is 2.36. The number of rotatable bonds is 3. The van der Waals surface area contributed by atoms with Gasteiger partial charge in [-0.1, -0.05) is 23.4 Å². The van der Waals surface area contributed by atoms with Crippen molar-refractivity contribution in [2.75, 3.05) is 13.1 Å². The maximum absolute atomic E-state index is 5.28. The van der Waals surface area contributed by atoms with E-state index in [9.17, 15) is 0 Å². The molecule has 0 amide bonds. The van der Waals surface area contributed by atoms with Gasteiger partial charge in [-0.25, -0.2) is 0 Å². The van der Waals surface area contributed by atoms with E-state index in [2.05, 4.69) is 15.5 Å². The summed E-state index contributed by atoms with van der Waals surface area (Å²) in [5.74, 6) is 2.08. The molecule has 0 radical (unpaired) electrons. The molecular formula is C13H15N3O. The lowest BCUT2D eigenvalue weighted by atomic mass is 10.1. The molecule has 1 aliphatic heterocycles. The Kier molecular flexibility index (Phi) is 2.88. The zero-order chi connectivity index (χ0) is 11.5. The molecule has 0 bridgehead atoms. The summed E-state index contributed by atoms with van der Waals surface area (Å²) in [6.07, 6.45) is 2.11. The minimum Gasteiger partial charge on any atom is -0.334 e. The molecule has 4 heteroatoms. The van der Waals surface area contributed by atoms with Crippen molar-refractivity contribution in [3.8, 4) is 11.5 Å². The average Bonchev–Trinajstić information content (AvgIpc) is 3.02. The molecule has 1 saturated heterocycles. The highest BCUT2D eigenvalue weighted by molar-refractivity contribution is 5.51. The summed E-state index contributed by atoms with van der Waals surface area (Å²) in [7, 11) is 0. The Morgan fingerprint density at radius 2 is 2.18 bits per heavy atom. The van der Waals surface area contributed by atoms with Crippen molar-refractivity contribution < 1.29 is 4.52 Å². The van der Waals surface area contributed by atoms with Crippen LogP contribution >= 0.6 is 0 Å². The SMILES string of the molecule is c1ccc(-c2nc(C[C@@H]3CCNC3)no2)cc1. The Labute approximate surface area is 100 Å². The maximum atomic E-state index is 5.28. The third-order valence-electron chi connectivity index (χ3n) is 3.12. The number of nitrogens with zero attached hydrogens (tertiary/aromatic N) is 2. The summed E-state index contributed by atoms with van der Waals surface area (Å²) in [6.45, 7) is 2.17. The minimum absolute atomic E-state index is 0.617. The van der Waals surface area contributed by atoms with Crippen LogP contribution in [-0.4, -0.2) is 23.2 Å². The highest BCUT2D eigenvalue weighted by atomic mass is 16.5. The molecule has 2 heterocycles. The van der Waals surface area contributed by atoms with Crippen molar-refractivity contribution >= 4 is 0 Å². The topological polar surface area (TPSA) is 51.0 Å². The van der Waals surface area contributed by atoms with Gasteiger partial charge in [0.25, 0.3) is 5.89 Å². The van der Waals surface area contributed by atoms with Gasteiger partial charge in [0.1, 0.15) is 0 Å². The van der Waals surface area contributed by atoms with Crippen LogP contribution in [0.2, 0.25) is 0 Å². The zero-order valence-corrected chi connectivity index (χ0v) is 9.60. The predicted molar refractivity (Wildman–Crippen MR) is 64.4 cm³/mol. The van der Waals surface area contributed by atoms with E-state index in [0.717, 1.165) is 30.9 Å². The summed E-state index contributed by atoms with van der Waals surface area (Å²) in [5, 5.41) is 7.39. The fourth-order valence-corrected chi connectivity index (χ4v) is 2.18. The van der Waals surface area contributed by atoms with E-state index in [4.69, 9.17) is 4.52 Å². The Morgan fingerprint density at radius 1 is 1.29 bits per heavy atom. The number of hydrogen-bond acceptors (Lipinski definition) is 4. The number of hydrogen-bond donors (Lipinski definition) is 1. The van der Waals surface area contributed by atoms with E-state index in [1.54, 1.807) is 0 Å². The van der Waals surface area contributed by atoms with Crippen LogP contribution in [0.4, 0.5) is 0 Å². The molecule has 88 valence electrons. The minimum atomic E-state index is 0.617. The molecule has 1 aliphatic rings. The van der Waals surface area contributed by atoms with E-state index < -0.39 is 0 Å². The first kappa shape index (κ1) is 10.5. The number of nitrogens with one attached hydrogen (secondary N) is 1. The molecule has 3 rings (SSSR count). The monoisotopic (exact) mass is 229 g/mol. The van der Waals surface area contributed by atoms with Crippen LogP contribution in [0.15, 0.2) is 34.9 Å². The van der Waals surface area contributed by atoms with Gasteiger partial charge in [0.2, 0.25) is 0 Å². The van der Waals surface area contributed by atoms with E-state index in [1.165, 1.54) is 6.42 Å². The molecule has 1 atom stereocenters. The highest BCUT2D eigenvalue weighted by Crippen LogP contribution is 2.18. The van der Waals surface area contributed by atoms with Crippen molar-refractivity contribution in [2.45, 2.75) is 12.8 Å². The van der Waals surface area contributed by atoms with Gasteiger partial charge in [0.15, 0.2) is 5.82 Å². The van der Waals surface area contributed by atoms with Gasteiger partial charge < -0.3 is 9.84 Å². The molecule has 1 fully saturated rings. The molecule has 1 aromatic heterocycles. The van der Waals surface area contributed by atoms with Crippen molar-refractivity contribution in [1.29, 1.82) is 0 Å². The van der Waals surface area contributed by atoms with Crippen LogP contribution in [-0.2, 0) is 6.42 Å². The molecule has 2 aromatic rings. The van der Waals surface area contributed by atoms with Crippen molar-refractivity contribution in [3.05, 3.63) is 36.2 Å². The smallest absolute Gasteiger partial charge is 0.257 e. The van der Waals surface area contributed by atoms with Gasteiger partial charge in [-0.3, -0.25) is 0 Å². The van der Waals surface area contributed by atoms with Crippen LogP contribution in [0.1, 0.15) is 12.2 Å². The first-order chi connectivity index (χ1) is 8.42. The Balaban J connectivity index is 1.74. The number of aromatic nitrogens is 2. The summed E-state index contributed by atoms with van der Waals surface area (Å²) in [4.78, 5) is 4.44. The van der Waals surface area contributed by atoms with Gasteiger partial charge >= 0.3 is 0 Å². The molecule has 0 unspecified atom stereocenters. The molecule has 4 nitrogen and oxygen atoms in total. The van der Waals surface area contributed by atoms with Gasteiger partial charge in [0.05, 0.1) is 0 Å². The van der Waals surface area contributed by atoms with E-state index in [1.807, 2.05) is 30.3 Å². The molecular weight excluding hydrogens is 214 g/mol. The quantitative estimate of drug-likeness (QED) is 0.873. The number of benzene rings is 1. The van der Waals surface area contributed by atoms with Gasteiger partial charge in [0, 0.05) is 12.0 Å². The second-order valence-electron chi connectivity index (χ2n) is 4.44. The third-order valence-corrected chi connectivity index (χ3v) is 3.12. The fourth-order valence-electron chi connectivity index (χ4n) is 2.18. The van der Waals surface area contributed by atoms with Crippen LogP contribution in [0.3, 0.4) is 0 Å². The zero-order valence-electron chi connectivity index (χ0n) is 9.60. The first-order valence-corrected chi connectivity index (χ1v) is 6.00. The molecule has 0 spiro atoms. The summed E-state index contributed by atoms with van der Waals surface area (Å²) >= 11 is 0. The predicted octanol–water partition coefficient (Wildman–Crippen LogP) is 1.89.